The maximum atomic E-state index is 13.2. The van der Waals surface area contributed by atoms with Crippen LogP contribution in [0.3, 0.4) is 0 Å². The smallest absolute Gasteiger partial charge is 0.251 e. The lowest BCUT2D eigenvalue weighted by Gasteiger charge is -2.35. The maximum Gasteiger partial charge on any atom is 0.251 e. The first-order chi connectivity index (χ1) is 15.4. The van der Waals surface area contributed by atoms with Gasteiger partial charge in [0.15, 0.2) is 5.78 Å². The number of nitrogens with zero attached hydrogens (tertiary/aromatic N) is 3. The third-order valence-corrected chi connectivity index (χ3v) is 6.45. The molecule has 1 aliphatic rings. The molecule has 8 nitrogen and oxygen atoms in total. The van der Waals surface area contributed by atoms with Gasteiger partial charge in [0, 0.05) is 30.9 Å². The van der Waals surface area contributed by atoms with Gasteiger partial charge in [0.2, 0.25) is 0 Å². The molecule has 0 bridgehead atoms. The van der Waals surface area contributed by atoms with Crippen molar-refractivity contribution in [3.05, 3.63) is 52.9 Å². The summed E-state index contributed by atoms with van der Waals surface area (Å²) in [6.45, 7) is 1.49. The average molecular weight is 456 g/mol. The number of rotatable bonds is 6. The Balaban J connectivity index is 1.53. The lowest BCUT2D eigenvalue weighted by Crippen LogP contribution is -2.45. The number of likely N-dealkylation sites (N-methyl/N-ethyl adjacent to an activating group) is 1. The van der Waals surface area contributed by atoms with Crippen LogP contribution in [-0.4, -0.2) is 61.9 Å². The Morgan fingerprint density at radius 2 is 1.91 bits per heavy atom. The van der Waals surface area contributed by atoms with E-state index in [0.717, 1.165) is 25.7 Å². The van der Waals surface area contributed by atoms with Gasteiger partial charge in [-0.05, 0) is 44.7 Å². The van der Waals surface area contributed by atoms with E-state index >= 15 is 0 Å². The van der Waals surface area contributed by atoms with Gasteiger partial charge in [-0.15, -0.1) is 0 Å². The van der Waals surface area contributed by atoms with Crippen molar-refractivity contribution in [3.63, 3.8) is 0 Å². The Bertz CT molecular complexity index is 1140. The number of halogens is 1. The SMILES string of the molecule is C[C@H](O)C(=O)N(C)[C@H]1CC[C@@H](Nc2ncnc3[nH]cc(C(=O)c4ccccc4Cl)c23)CC1. The van der Waals surface area contributed by atoms with Crippen LogP contribution >= 0.6 is 11.6 Å². The monoisotopic (exact) mass is 455 g/mol. The normalized spacial score (nSPS) is 19.5. The van der Waals surface area contributed by atoms with Crippen LogP contribution in [0.25, 0.3) is 11.0 Å². The summed E-state index contributed by atoms with van der Waals surface area (Å²) in [7, 11) is 1.74. The fourth-order valence-corrected chi connectivity index (χ4v) is 4.54. The number of nitrogens with one attached hydrogen (secondary N) is 2. The number of fused-ring (bicyclic) bond motifs is 1. The molecule has 1 fully saturated rings. The van der Waals surface area contributed by atoms with E-state index in [1.54, 1.807) is 42.4 Å². The Morgan fingerprint density at radius 3 is 2.59 bits per heavy atom. The molecule has 0 spiro atoms. The van der Waals surface area contributed by atoms with Crippen molar-refractivity contribution < 1.29 is 14.7 Å². The Hall–Kier alpha value is -2.97. The van der Waals surface area contributed by atoms with Crippen molar-refractivity contribution in [1.82, 2.24) is 19.9 Å². The first kappa shape index (κ1) is 22.2. The van der Waals surface area contributed by atoms with E-state index in [-0.39, 0.29) is 23.8 Å². The Labute approximate surface area is 191 Å². The van der Waals surface area contributed by atoms with Crippen LogP contribution < -0.4 is 5.32 Å². The average Bonchev–Trinajstić information content (AvgIpc) is 3.24. The highest BCUT2D eigenvalue weighted by Crippen LogP contribution is 2.30. The molecular weight excluding hydrogens is 430 g/mol. The minimum Gasteiger partial charge on any atom is -0.384 e. The van der Waals surface area contributed by atoms with Gasteiger partial charge in [-0.3, -0.25) is 9.59 Å². The summed E-state index contributed by atoms with van der Waals surface area (Å²) < 4.78 is 0. The molecule has 0 saturated heterocycles. The number of hydrogen-bond acceptors (Lipinski definition) is 6. The van der Waals surface area contributed by atoms with E-state index in [4.69, 9.17) is 11.6 Å². The zero-order chi connectivity index (χ0) is 22.8. The number of carbonyl (C=O) groups is 2. The second kappa shape index (κ2) is 9.26. The quantitative estimate of drug-likeness (QED) is 0.491. The van der Waals surface area contributed by atoms with Crippen LogP contribution in [0.1, 0.15) is 48.5 Å². The molecule has 1 amide bonds. The van der Waals surface area contributed by atoms with E-state index in [1.165, 1.54) is 13.3 Å². The molecule has 9 heteroatoms. The third-order valence-electron chi connectivity index (χ3n) is 6.12. The molecule has 1 atom stereocenters. The molecule has 3 aromatic rings. The van der Waals surface area contributed by atoms with Crippen molar-refractivity contribution in [1.29, 1.82) is 0 Å². The van der Waals surface area contributed by atoms with Gasteiger partial charge in [0.1, 0.15) is 23.9 Å². The molecule has 32 heavy (non-hydrogen) atoms. The summed E-state index contributed by atoms with van der Waals surface area (Å²) in [6.07, 6.45) is 5.43. The number of carbonyl (C=O) groups excluding carboxylic acids is 2. The number of hydrogen-bond donors (Lipinski definition) is 3. The second-order valence-corrected chi connectivity index (χ2v) is 8.64. The predicted molar refractivity (Wildman–Crippen MR) is 123 cm³/mol. The summed E-state index contributed by atoms with van der Waals surface area (Å²) in [5.41, 5.74) is 1.47. The summed E-state index contributed by atoms with van der Waals surface area (Å²) in [5, 5.41) is 14.1. The minimum atomic E-state index is -0.993. The Kier molecular flexibility index (Phi) is 6.43. The first-order valence-corrected chi connectivity index (χ1v) is 11.1. The molecule has 0 aliphatic heterocycles. The van der Waals surface area contributed by atoms with Crippen molar-refractivity contribution in [3.8, 4) is 0 Å². The molecule has 3 N–H and O–H groups in total. The zero-order valence-corrected chi connectivity index (χ0v) is 18.8. The second-order valence-electron chi connectivity index (χ2n) is 8.23. The van der Waals surface area contributed by atoms with Gasteiger partial charge in [0.25, 0.3) is 5.91 Å². The van der Waals surface area contributed by atoms with Crippen molar-refractivity contribution in [2.24, 2.45) is 0 Å². The topological polar surface area (TPSA) is 111 Å². The summed E-state index contributed by atoms with van der Waals surface area (Å²) in [4.78, 5) is 38.6. The van der Waals surface area contributed by atoms with Crippen LogP contribution in [0.4, 0.5) is 5.82 Å². The van der Waals surface area contributed by atoms with Crippen LogP contribution in [0, 0.1) is 0 Å². The lowest BCUT2D eigenvalue weighted by atomic mass is 9.90. The molecule has 0 unspecified atom stereocenters. The molecule has 1 aliphatic carbocycles. The number of H-pyrrole nitrogens is 1. The molecule has 168 valence electrons. The van der Waals surface area contributed by atoms with Gasteiger partial charge >= 0.3 is 0 Å². The van der Waals surface area contributed by atoms with Crippen molar-refractivity contribution in [2.45, 2.75) is 50.8 Å². The summed E-state index contributed by atoms with van der Waals surface area (Å²) >= 11 is 6.24. The van der Waals surface area contributed by atoms with Gasteiger partial charge in [-0.25, -0.2) is 9.97 Å². The highest BCUT2D eigenvalue weighted by molar-refractivity contribution is 6.35. The predicted octanol–water partition coefficient (Wildman–Crippen LogP) is 3.40. The van der Waals surface area contributed by atoms with E-state index in [2.05, 4.69) is 20.3 Å². The number of aliphatic hydroxyl groups excluding tert-OH is 1. The van der Waals surface area contributed by atoms with E-state index in [9.17, 15) is 14.7 Å². The summed E-state index contributed by atoms with van der Waals surface area (Å²) in [5.74, 6) is 0.152. The van der Waals surface area contributed by atoms with Crippen LogP contribution in [0.5, 0.6) is 0 Å². The third kappa shape index (κ3) is 4.33. The molecular formula is C23H26ClN5O3. The van der Waals surface area contributed by atoms with E-state index in [1.807, 2.05) is 0 Å². The largest absolute Gasteiger partial charge is 0.384 e. The lowest BCUT2D eigenvalue weighted by molar-refractivity contribution is -0.140. The molecule has 1 saturated carbocycles. The first-order valence-electron chi connectivity index (χ1n) is 10.7. The minimum absolute atomic E-state index is 0.102. The highest BCUT2D eigenvalue weighted by atomic mass is 35.5. The highest BCUT2D eigenvalue weighted by Gasteiger charge is 2.29. The number of aliphatic hydroxyl groups is 1. The van der Waals surface area contributed by atoms with Gasteiger partial charge in [-0.2, -0.15) is 0 Å². The fourth-order valence-electron chi connectivity index (χ4n) is 4.32. The molecule has 2 aromatic heterocycles. The molecule has 0 radical (unpaired) electrons. The standard InChI is InChI=1S/C23H26ClN5O3/c1-13(30)23(32)29(2)15-9-7-14(8-10-15)28-22-19-17(11-25-21(19)26-12-27-22)20(31)16-5-3-4-6-18(16)24/h3-6,11-15,30H,7-10H2,1-2H3,(H2,25,26,27,28)/t13-,14-,15+/m0/s1. The molecule has 4 rings (SSSR count). The zero-order valence-electron chi connectivity index (χ0n) is 18.0. The maximum absolute atomic E-state index is 13.2. The number of aromatic nitrogens is 3. The van der Waals surface area contributed by atoms with Crippen molar-refractivity contribution in [2.75, 3.05) is 12.4 Å². The van der Waals surface area contributed by atoms with Gasteiger partial charge in [-0.1, -0.05) is 23.7 Å². The van der Waals surface area contributed by atoms with E-state index in [0.29, 0.717) is 33.0 Å². The molecule has 2 heterocycles. The molecule has 1 aromatic carbocycles. The number of ketones is 1. The van der Waals surface area contributed by atoms with Crippen LogP contribution in [0.2, 0.25) is 5.02 Å². The number of aromatic amines is 1. The summed E-state index contributed by atoms with van der Waals surface area (Å²) in [6, 6.07) is 7.21. The van der Waals surface area contributed by atoms with Gasteiger partial charge < -0.3 is 20.3 Å². The van der Waals surface area contributed by atoms with Crippen LogP contribution in [-0.2, 0) is 4.79 Å². The fraction of sp³-hybridized carbons (Fsp3) is 0.391. The Morgan fingerprint density at radius 1 is 1.19 bits per heavy atom. The van der Waals surface area contributed by atoms with Gasteiger partial charge in [0.05, 0.1) is 16.0 Å². The van der Waals surface area contributed by atoms with Crippen LogP contribution in [0.15, 0.2) is 36.8 Å². The van der Waals surface area contributed by atoms with E-state index < -0.39 is 6.10 Å². The van der Waals surface area contributed by atoms with Crippen molar-refractivity contribution >= 4 is 40.1 Å². The number of benzene rings is 1. The number of amides is 1. The number of anilines is 1.